The molecule has 2 rings (SSSR count). The SMILES string of the molecule is CC1COCCN1c1ccc([C@H](C)O)cn1. The van der Waals surface area contributed by atoms with E-state index in [0.29, 0.717) is 6.04 Å². The van der Waals surface area contributed by atoms with Crippen molar-refractivity contribution in [1.82, 2.24) is 4.98 Å². The molecule has 0 aromatic carbocycles. The standard InChI is InChI=1S/C12H18N2O2/c1-9-8-16-6-5-14(9)12-4-3-11(7-13-12)10(2)15/h3-4,7,9-10,15H,5-6,8H2,1-2H3/t9?,10-/m0/s1. The van der Waals surface area contributed by atoms with E-state index in [9.17, 15) is 5.11 Å². The van der Waals surface area contributed by atoms with E-state index < -0.39 is 6.10 Å². The van der Waals surface area contributed by atoms with Crippen LogP contribution in [0.3, 0.4) is 0 Å². The van der Waals surface area contributed by atoms with Crippen molar-refractivity contribution in [2.24, 2.45) is 0 Å². The van der Waals surface area contributed by atoms with Crippen LogP contribution in [0.2, 0.25) is 0 Å². The molecule has 1 fully saturated rings. The second kappa shape index (κ2) is 4.80. The number of morpholine rings is 1. The van der Waals surface area contributed by atoms with E-state index in [2.05, 4.69) is 16.8 Å². The molecule has 88 valence electrons. The molecule has 0 spiro atoms. The Balaban J connectivity index is 2.14. The van der Waals surface area contributed by atoms with Crippen molar-refractivity contribution in [2.75, 3.05) is 24.7 Å². The van der Waals surface area contributed by atoms with E-state index in [0.717, 1.165) is 31.1 Å². The van der Waals surface area contributed by atoms with Crippen LogP contribution < -0.4 is 4.90 Å². The highest BCUT2D eigenvalue weighted by atomic mass is 16.5. The van der Waals surface area contributed by atoms with Gasteiger partial charge in [0.05, 0.1) is 25.4 Å². The molecular formula is C12H18N2O2. The summed E-state index contributed by atoms with van der Waals surface area (Å²) < 4.78 is 5.39. The summed E-state index contributed by atoms with van der Waals surface area (Å²) in [5.41, 5.74) is 0.852. The lowest BCUT2D eigenvalue weighted by atomic mass is 10.2. The third kappa shape index (κ3) is 2.33. The molecule has 0 aliphatic carbocycles. The van der Waals surface area contributed by atoms with Gasteiger partial charge in [-0.05, 0) is 25.5 Å². The molecular weight excluding hydrogens is 204 g/mol. The van der Waals surface area contributed by atoms with E-state index in [1.165, 1.54) is 0 Å². The van der Waals surface area contributed by atoms with Gasteiger partial charge in [-0.3, -0.25) is 0 Å². The normalized spacial score (nSPS) is 23.2. The van der Waals surface area contributed by atoms with Gasteiger partial charge in [0.1, 0.15) is 5.82 Å². The van der Waals surface area contributed by atoms with Crippen molar-refractivity contribution in [1.29, 1.82) is 0 Å². The first kappa shape index (κ1) is 11.4. The molecule has 1 N–H and O–H groups in total. The first-order valence-electron chi connectivity index (χ1n) is 5.67. The van der Waals surface area contributed by atoms with Crippen LogP contribution in [-0.4, -0.2) is 35.9 Å². The van der Waals surface area contributed by atoms with Crippen molar-refractivity contribution < 1.29 is 9.84 Å². The van der Waals surface area contributed by atoms with Gasteiger partial charge < -0.3 is 14.7 Å². The molecule has 2 atom stereocenters. The zero-order chi connectivity index (χ0) is 11.5. The Hall–Kier alpha value is -1.13. The Morgan fingerprint density at radius 1 is 1.56 bits per heavy atom. The Kier molecular flexibility index (Phi) is 3.41. The lowest BCUT2D eigenvalue weighted by Crippen LogP contribution is -2.44. The molecule has 0 amide bonds. The first-order valence-corrected chi connectivity index (χ1v) is 5.67. The van der Waals surface area contributed by atoms with Crippen LogP contribution in [0.4, 0.5) is 5.82 Å². The van der Waals surface area contributed by atoms with Gasteiger partial charge in [-0.1, -0.05) is 6.07 Å². The minimum atomic E-state index is -0.455. The third-order valence-corrected chi connectivity index (χ3v) is 2.92. The highest BCUT2D eigenvalue weighted by Crippen LogP contribution is 2.19. The fourth-order valence-corrected chi connectivity index (χ4v) is 1.88. The summed E-state index contributed by atoms with van der Waals surface area (Å²) in [5, 5.41) is 9.40. The van der Waals surface area contributed by atoms with Crippen LogP contribution in [0.15, 0.2) is 18.3 Å². The summed E-state index contributed by atoms with van der Waals surface area (Å²) in [7, 11) is 0. The third-order valence-electron chi connectivity index (χ3n) is 2.92. The van der Waals surface area contributed by atoms with E-state index in [1.54, 1.807) is 13.1 Å². The number of aromatic nitrogens is 1. The van der Waals surface area contributed by atoms with Gasteiger partial charge >= 0.3 is 0 Å². The minimum absolute atomic E-state index is 0.360. The van der Waals surface area contributed by atoms with Crippen LogP contribution in [0.1, 0.15) is 25.5 Å². The predicted molar refractivity (Wildman–Crippen MR) is 62.5 cm³/mol. The van der Waals surface area contributed by atoms with E-state index in [4.69, 9.17) is 4.74 Å². The van der Waals surface area contributed by atoms with Crippen molar-refractivity contribution in [3.8, 4) is 0 Å². The number of ether oxygens (including phenoxy) is 1. The summed E-state index contributed by atoms with van der Waals surface area (Å²) >= 11 is 0. The number of hydrogen-bond acceptors (Lipinski definition) is 4. The van der Waals surface area contributed by atoms with Crippen LogP contribution in [0.25, 0.3) is 0 Å². The monoisotopic (exact) mass is 222 g/mol. The van der Waals surface area contributed by atoms with Gasteiger partial charge in [0.15, 0.2) is 0 Å². The topological polar surface area (TPSA) is 45.6 Å². The molecule has 0 radical (unpaired) electrons. The summed E-state index contributed by atoms with van der Waals surface area (Å²) in [6.45, 7) is 6.25. The fourth-order valence-electron chi connectivity index (χ4n) is 1.88. The summed E-state index contributed by atoms with van der Waals surface area (Å²) in [6, 6.07) is 4.25. The van der Waals surface area contributed by atoms with Gasteiger partial charge in [-0.2, -0.15) is 0 Å². The largest absolute Gasteiger partial charge is 0.389 e. The fraction of sp³-hybridized carbons (Fsp3) is 0.583. The minimum Gasteiger partial charge on any atom is -0.389 e. The van der Waals surface area contributed by atoms with Crippen LogP contribution in [0.5, 0.6) is 0 Å². The highest BCUT2D eigenvalue weighted by molar-refractivity contribution is 5.41. The molecule has 1 aromatic heterocycles. The van der Waals surface area contributed by atoms with E-state index in [1.807, 2.05) is 12.1 Å². The molecule has 1 aliphatic heterocycles. The maximum Gasteiger partial charge on any atom is 0.128 e. The van der Waals surface area contributed by atoms with Crippen LogP contribution in [-0.2, 0) is 4.74 Å². The second-order valence-corrected chi connectivity index (χ2v) is 4.24. The van der Waals surface area contributed by atoms with Crippen LogP contribution in [0, 0.1) is 0 Å². The molecule has 4 nitrogen and oxygen atoms in total. The zero-order valence-electron chi connectivity index (χ0n) is 9.76. The molecule has 16 heavy (non-hydrogen) atoms. The lowest BCUT2D eigenvalue weighted by Gasteiger charge is -2.34. The summed E-state index contributed by atoms with van der Waals surface area (Å²) in [6.07, 6.45) is 1.28. The van der Waals surface area contributed by atoms with E-state index in [-0.39, 0.29) is 0 Å². The summed E-state index contributed by atoms with van der Waals surface area (Å²) in [4.78, 5) is 6.62. The number of anilines is 1. The highest BCUT2D eigenvalue weighted by Gasteiger charge is 2.19. The molecule has 4 heteroatoms. The predicted octanol–water partition coefficient (Wildman–Crippen LogP) is 1.36. The van der Waals surface area contributed by atoms with Crippen molar-refractivity contribution in [3.63, 3.8) is 0 Å². The molecule has 0 bridgehead atoms. The Morgan fingerprint density at radius 2 is 2.38 bits per heavy atom. The van der Waals surface area contributed by atoms with Crippen molar-refractivity contribution >= 4 is 5.82 Å². The van der Waals surface area contributed by atoms with Gasteiger partial charge in [0.25, 0.3) is 0 Å². The molecule has 1 unspecified atom stereocenters. The average Bonchev–Trinajstić information content (AvgIpc) is 2.30. The molecule has 1 aromatic rings. The number of rotatable bonds is 2. The van der Waals surface area contributed by atoms with Crippen molar-refractivity contribution in [2.45, 2.75) is 26.0 Å². The quantitative estimate of drug-likeness (QED) is 0.820. The number of pyridine rings is 1. The maximum absolute atomic E-state index is 9.40. The Bertz CT molecular complexity index is 337. The lowest BCUT2D eigenvalue weighted by molar-refractivity contribution is 0.0985. The smallest absolute Gasteiger partial charge is 0.128 e. The van der Waals surface area contributed by atoms with Gasteiger partial charge in [-0.15, -0.1) is 0 Å². The maximum atomic E-state index is 9.40. The first-order chi connectivity index (χ1) is 7.68. The van der Waals surface area contributed by atoms with Gasteiger partial charge in [-0.25, -0.2) is 4.98 Å². The van der Waals surface area contributed by atoms with Gasteiger partial charge in [0.2, 0.25) is 0 Å². The molecule has 2 heterocycles. The number of aliphatic hydroxyl groups excluding tert-OH is 1. The number of hydrogen-bond donors (Lipinski definition) is 1. The molecule has 0 saturated carbocycles. The summed E-state index contributed by atoms with van der Waals surface area (Å²) in [5.74, 6) is 0.959. The Labute approximate surface area is 95.9 Å². The molecule has 1 aliphatic rings. The average molecular weight is 222 g/mol. The number of nitrogens with zero attached hydrogens (tertiary/aromatic N) is 2. The molecule has 1 saturated heterocycles. The second-order valence-electron chi connectivity index (χ2n) is 4.24. The van der Waals surface area contributed by atoms with Crippen molar-refractivity contribution in [3.05, 3.63) is 23.9 Å². The van der Waals surface area contributed by atoms with Gasteiger partial charge in [0, 0.05) is 12.7 Å². The van der Waals surface area contributed by atoms with Crippen LogP contribution >= 0.6 is 0 Å². The number of aliphatic hydroxyl groups is 1. The van der Waals surface area contributed by atoms with E-state index >= 15 is 0 Å². The Morgan fingerprint density at radius 3 is 2.94 bits per heavy atom. The zero-order valence-corrected chi connectivity index (χ0v) is 9.76.